The molecular weight excluding hydrogens is 338 g/mol. The van der Waals surface area contributed by atoms with Crippen LogP contribution >= 0.6 is 15.9 Å². The van der Waals surface area contributed by atoms with Gasteiger partial charge in [0.2, 0.25) is 0 Å². The average molecular weight is 350 g/mol. The van der Waals surface area contributed by atoms with E-state index in [1.807, 2.05) is 24.3 Å². The first-order valence-electron chi connectivity index (χ1n) is 6.14. The number of esters is 1. The van der Waals surface area contributed by atoms with Gasteiger partial charge in [0.1, 0.15) is 6.61 Å². The number of benzene rings is 2. The summed E-state index contributed by atoms with van der Waals surface area (Å²) < 4.78 is 6.10. The van der Waals surface area contributed by atoms with Crippen LogP contribution in [0.15, 0.2) is 46.9 Å². The Kier molecular flexibility index (Phi) is 4.70. The molecule has 0 saturated carbocycles. The largest absolute Gasteiger partial charge is 0.457 e. The first-order chi connectivity index (χ1) is 9.97. The lowest BCUT2D eigenvalue weighted by Gasteiger charge is -2.06. The van der Waals surface area contributed by atoms with Gasteiger partial charge in [-0.05, 0) is 36.8 Å². The van der Waals surface area contributed by atoms with Crippen LogP contribution in [0.1, 0.15) is 21.5 Å². The van der Waals surface area contributed by atoms with Gasteiger partial charge in [-0.3, -0.25) is 10.1 Å². The van der Waals surface area contributed by atoms with Crippen LogP contribution in [-0.2, 0) is 11.3 Å². The van der Waals surface area contributed by atoms with E-state index in [2.05, 4.69) is 15.9 Å². The third kappa shape index (κ3) is 3.88. The molecule has 0 saturated heterocycles. The van der Waals surface area contributed by atoms with Crippen LogP contribution in [-0.4, -0.2) is 10.9 Å². The minimum Gasteiger partial charge on any atom is -0.457 e. The molecule has 0 spiro atoms. The zero-order chi connectivity index (χ0) is 15.4. The van der Waals surface area contributed by atoms with Crippen molar-refractivity contribution in [3.63, 3.8) is 0 Å². The molecule has 21 heavy (non-hydrogen) atoms. The topological polar surface area (TPSA) is 69.4 Å². The zero-order valence-corrected chi connectivity index (χ0v) is 12.8. The van der Waals surface area contributed by atoms with E-state index in [1.165, 1.54) is 18.2 Å². The van der Waals surface area contributed by atoms with Crippen molar-refractivity contribution in [3.8, 4) is 0 Å². The van der Waals surface area contributed by atoms with E-state index >= 15 is 0 Å². The predicted molar refractivity (Wildman–Crippen MR) is 81.1 cm³/mol. The van der Waals surface area contributed by atoms with Crippen molar-refractivity contribution in [3.05, 3.63) is 73.7 Å². The van der Waals surface area contributed by atoms with Crippen LogP contribution in [0.5, 0.6) is 0 Å². The van der Waals surface area contributed by atoms with Gasteiger partial charge in [0.05, 0.1) is 10.5 Å². The summed E-state index contributed by atoms with van der Waals surface area (Å²) in [6.45, 7) is 1.73. The molecule has 0 aliphatic carbocycles. The zero-order valence-electron chi connectivity index (χ0n) is 11.2. The fraction of sp³-hybridized carbons (Fsp3) is 0.133. The van der Waals surface area contributed by atoms with Gasteiger partial charge in [0, 0.05) is 16.1 Å². The quantitative estimate of drug-likeness (QED) is 0.474. The normalized spacial score (nSPS) is 10.2. The molecule has 0 bridgehead atoms. The molecule has 2 rings (SSSR count). The highest BCUT2D eigenvalue weighted by atomic mass is 79.9. The van der Waals surface area contributed by atoms with Crippen LogP contribution in [0, 0.1) is 17.0 Å². The second kappa shape index (κ2) is 6.49. The highest BCUT2D eigenvalue weighted by Crippen LogP contribution is 2.20. The number of aryl methyl sites for hydroxylation is 1. The fourth-order valence-corrected chi connectivity index (χ4v) is 2.29. The molecule has 0 aromatic heterocycles. The molecule has 0 aliphatic heterocycles. The van der Waals surface area contributed by atoms with Crippen LogP contribution in [0.3, 0.4) is 0 Å². The van der Waals surface area contributed by atoms with Crippen LogP contribution < -0.4 is 0 Å². The Bertz CT molecular complexity index is 700. The highest BCUT2D eigenvalue weighted by Gasteiger charge is 2.14. The molecule has 2 aromatic rings. The lowest BCUT2D eigenvalue weighted by Crippen LogP contribution is -2.06. The standard InChI is InChI=1S/C15H12BrNO4/c1-10-7-12(5-6-14(10)17(19)20)15(18)21-9-11-3-2-4-13(16)8-11/h2-8H,9H2,1H3. The van der Waals surface area contributed by atoms with Crippen molar-refractivity contribution >= 4 is 27.6 Å². The van der Waals surface area contributed by atoms with Crippen LogP contribution in [0.4, 0.5) is 5.69 Å². The summed E-state index contributed by atoms with van der Waals surface area (Å²) >= 11 is 3.34. The molecule has 0 heterocycles. The van der Waals surface area contributed by atoms with Gasteiger partial charge in [-0.15, -0.1) is 0 Å². The molecule has 6 heteroatoms. The number of halogens is 1. The van der Waals surface area contributed by atoms with Gasteiger partial charge in [-0.25, -0.2) is 4.79 Å². The summed E-state index contributed by atoms with van der Waals surface area (Å²) in [5, 5.41) is 10.7. The van der Waals surface area contributed by atoms with Crippen molar-refractivity contribution in [2.75, 3.05) is 0 Å². The van der Waals surface area contributed by atoms with Gasteiger partial charge in [-0.1, -0.05) is 28.1 Å². The van der Waals surface area contributed by atoms with Crippen molar-refractivity contribution in [1.82, 2.24) is 0 Å². The lowest BCUT2D eigenvalue weighted by molar-refractivity contribution is -0.385. The average Bonchev–Trinajstić information content (AvgIpc) is 2.44. The number of hydrogen-bond donors (Lipinski definition) is 0. The number of hydrogen-bond acceptors (Lipinski definition) is 4. The highest BCUT2D eigenvalue weighted by molar-refractivity contribution is 9.10. The predicted octanol–water partition coefficient (Wildman–Crippen LogP) is 4.02. The number of ether oxygens (including phenoxy) is 1. The van der Waals surface area contributed by atoms with E-state index in [9.17, 15) is 14.9 Å². The van der Waals surface area contributed by atoms with Gasteiger partial charge in [0.25, 0.3) is 5.69 Å². The SMILES string of the molecule is Cc1cc(C(=O)OCc2cccc(Br)c2)ccc1[N+](=O)[O-]. The molecule has 0 N–H and O–H groups in total. The monoisotopic (exact) mass is 349 g/mol. The Morgan fingerprint density at radius 3 is 2.67 bits per heavy atom. The minimum atomic E-state index is -0.507. The number of nitrogens with zero attached hydrogens (tertiary/aromatic N) is 1. The Balaban J connectivity index is 2.07. The Labute approximate surface area is 129 Å². The van der Waals surface area contributed by atoms with Gasteiger partial charge >= 0.3 is 5.97 Å². The molecule has 0 radical (unpaired) electrons. The summed E-state index contributed by atoms with van der Waals surface area (Å²) in [7, 11) is 0. The molecule has 108 valence electrons. The van der Waals surface area contributed by atoms with E-state index in [-0.39, 0.29) is 12.3 Å². The maximum Gasteiger partial charge on any atom is 0.338 e. The number of nitro groups is 1. The van der Waals surface area contributed by atoms with Crippen molar-refractivity contribution in [2.24, 2.45) is 0 Å². The van der Waals surface area contributed by atoms with Crippen LogP contribution in [0.25, 0.3) is 0 Å². The molecular formula is C15H12BrNO4. The van der Waals surface area contributed by atoms with Gasteiger partial charge in [0.15, 0.2) is 0 Å². The first kappa shape index (κ1) is 15.2. The van der Waals surface area contributed by atoms with E-state index < -0.39 is 10.9 Å². The van der Waals surface area contributed by atoms with Gasteiger partial charge in [-0.2, -0.15) is 0 Å². The summed E-state index contributed by atoms with van der Waals surface area (Å²) in [6.07, 6.45) is 0. The third-order valence-corrected chi connectivity index (χ3v) is 3.38. The molecule has 0 aliphatic rings. The van der Waals surface area contributed by atoms with Crippen molar-refractivity contribution in [1.29, 1.82) is 0 Å². The van der Waals surface area contributed by atoms with E-state index in [0.717, 1.165) is 10.0 Å². The molecule has 2 aromatic carbocycles. The maximum atomic E-state index is 11.9. The second-order valence-corrected chi connectivity index (χ2v) is 5.38. The van der Waals surface area contributed by atoms with Crippen LogP contribution in [0.2, 0.25) is 0 Å². The summed E-state index contributed by atoms with van der Waals surface area (Å²) in [5.41, 5.74) is 1.57. The van der Waals surface area contributed by atoms with Crippen molar-refractivity contribution < 1.29 is 14.5 Å². The third-order valence-electron chi connectivity index (χ3n) is 2.89. The molecule has 0 atom stereocenters. The Hall–Kier alpha value is -2.21. The number of rotatable bonds is 4. The van der Waals surface area contributed by atoms with E-state index in [0.29, 0.717) is 11.1 Å². The smallest absolute Gasteiger partial charge is 0.338 e. The summed E-state index contributed by atoms with van der Waals surface area (Å²) in [6, 6.07) is 11.6. The van der Waals surface area contributed by atoms with E-state index in [1.54, 1.807) is 6.92 Å². The second-order valence-electron chi connectivity index (χ2n) is 4.46. The molecule has 5 nitrogen and oxygen atoms in total. The molecule has 0 amide bonds. The Morgan fingerprint density at radius 2 is 2.05 bits per heavy atom. The Morgan fingerprint density at radius 1 is 1.29 bits per heavy atom. The van der Waals surface area contributed by atoms with Crippen molar-refractivity contribution in [2.45, 2.75) is 13.5 Å². The minimum absolute atomic E-state index is 0.0152. The first-order valence-corrected chi connectivity index (χ1v) is 6.93. The molecule has 0 fully saturated rings. The fourth-order valence-electron chi connectivity index (χ4n) is 1.85. The van der Waals surface area contributed by atoms with Gasteiger partial charge < -0.3 is 4.74 Å². The maximum absolute atomic E-state index is 11.9. The molecule has 0 unspecified atom stereocenters. The summed E-state index contributed by atoms with van der Waals surface area (Å²) in [5.74, 6) is -0.507. The lowest BCUT2D eigenvalue weighted by atomic mass is 10.1. The number of nitro benzene ring substituents is 1. The number of carbonyl (C=O) groups excluding carboxylic acids is 1. The number of carbonyl (C=O) groups is 1. The summed E-state index contributed by atoms with van der Waals surface area (Å²) in [4.78, 5) is 22.2. The van der Waals surface area contributed by atoms with E-state index in [4.69, 9.17) is 4.74 Å².